The van der Waals surface area contributed by atoms with Crippen molar-refractivity contribution < 1.29 is 13.9 Å². The van der Waals surface area contributed by atoms with Gasteiger partial charge in [0.15, 0.2) is 11.6 Å². The fraction of sp³-hybridized carbons (Fsp3) is 0.625. The number of amides is 1. The molecule has 4 nitrogen and oxygen atoms in total. The summed E-state index contributed by atoms with van der Waals surface area (Å²) in [6.45, 7) is 3.18. The number of rotatable bonds is 4. The van der Waals surface area contributed by atoms with Crippen molar-refractivity contribution in [2.75, 3.05) is 33.2 Å². The van der Waals surface area contributed by atoms with Gasteiger partial charge < -0.3 is 14.5 Å². The zero-order valence-electron chi connectivity index (χ0n) is 17.3. The molecule has 0 radical (unpaired) electrons. The van der Waals surface area contributed by atoms with Gasteiger partial charge in [-0.3, -0.25) is 4.79 Å². The van der Waals surface area contributed by atoms with Crippen LogP contribution in [0.25, 0.3) is 0 Å². The molecule has 5 aliphatic rings. The normalized spacial score (nSPS) is 34.1. The van der Waals surface area contributed by atoms with E-state index in [0.717, 1.165) is 36.4 Å². The molecular formula is C24H31FN2O2. The van der Waals surface area contributed by atoms with E-state index >= 15 is 0 Å². The fourth-order valence-electron chi connectivity index (χ4n) is 6.69. The van der Waals surface area contributed by atoms with Gasteiger partial charge in [0.2, 0.25) is 5.91 Å². The first-order chi connectivity index (χ1) is 14.0. The summed E-state index contributed by atoms with van der Waals surface area (Å²) in [5, 5.41) is 0. The van der Waals surface area contributed by atoms with E-state index < -0.39 is 0 Å². The van der Waals surface area contributed by atoms with Gasteiger partial charge in [0.05, 0.1) is 6.26 Å². The molecule has 1 amide bonds. The molecule has 0 N–H and O–H groups in total. The zero-order chi connectivity index (χ0) is 20.0. The summed E-state index contributed by atoms with van der Waals surface area (Å²) in [6, 6.07) is 5.49. The van der Waals surface area contributed by atoms with Crippen molar-refractivity contribution in [3.8, 4) is 5.75 Å². The number of benzene rings is 1. The first kappa shape index (κ1) is 19.1. The fourth-order valence-corrected chi connectivity index (χ4v) is 6.69. The highest BCUT2D eigenvalue weighted by atomic mass is 19.1. The third-order valence-electron chi connectivity index (χ3n) is 7.80. The van der Waals surface area contributed by atoms with Crippen molar-refractivity contribution >= 4 is 5.91 Å². The number of hydrogen-bond acceptors (Lipinski definition) is 3. The number of piperazine rings is 1. The quantitative estimate of drug-likeness (QED) is 0.569. The van der Waals surface area contributed by atoms with Crippen LogP contribution in [0.15, 0.2) is 30.5 Å². The minimum atomic E-state index is -0.324. The lowest BCUT2D eigenvalue weighted by Crippen LogP contribution is -2.48. The summed E-state index contributed by atoms with van der Waals surface area (Å²) in [7, 11) is 2.05. The third kappa shape index (κ3) is 3.70. The minimum absolute atomic E-state index is 0.0799. The number of carbonyl (C=O) groups excluding carboxylic acids is 1. The maximum absolute atomic E-state index is 14.8. The third-order valence-corrected chi connectivity index (χ3v) is 7.80. The van der Waals surface area contributed by atoms with Crippen LogP contribution in [-0.2, 0) is 10.2 Å². The van der Waals surface area contributed by atoms with Gasteiger partial charge in [-0.15, -0.1) is 0 Å². The van der Waals surface area contributed by atoms with Crippen LogP contribution in [0.3, 0.4) is 0 Å². The lowest BCUT2D eigenvalue weighted by Gasteiger charge is -2.57. The van der Waals surface area contributed by atoms with Crippen molar-refractivity contribution in [2.45, 2.75) is 43.9 Å². The molecule has 0 atom stereocenters. The number of carbonyl (C=O) groups is 1. The van der Waals surface area contributed by atoms with Gasteiger partial charge in [0, 0.05) is 32.3 Å². The molecule has 6 rings (SSSR count). The number of ether oxygens (including phenoxy) is 1. The molecule has 1 aromatic carbocycles. The highest BCUT2D eigenvalue weighted by molar-refractivity contribution is 5.87. The molecule has 1 heterocycles. The van der Waals surface area contributed by atoms with Crippen LogP contribution in [0.2, 0.25) is 0 Å². The number of halogens is 1. The molecule has 4 aliphatic carbocycles. The van der Waals surface area contributed by atoms with Gasteiger partial charge in [-0.1, -0.05) is 6.07 Å². The maximum atomic E-state index is 14.8. The monoisotopic (exact) mass is 398 g/mol. The lowest BCUT2D eigenvalue weighted by atomic mass is 9.48. The molecule has 4 saturated carbocycles. The summed E-state index contributed by atoms with van der Waals surface area (Å²) in [5.74, 6) is 2.30. The molecule has 0 spiro atoms. The van der Waals surface area contributed by atoms with E-state index in [1.165, 1.54) is 50.9 Å². The Morgan fingerprint density at radius 1 is 1.07 bits per heavy atom. The van der Waals surface area contributed by atoms with E-state index in [-0.39, 0.29) is 22.9 Å². The second-order valence-corrected chi connectivity index (χ2v) is 9.89. The average molecular weight is 399 g/mol. The smallest absolute Gasteiger partial charge is 0.249 e. The first-order valence-electron chi connectivity index (χ1n) is 11.1. The summed E-state index contributed by atoms with van der Waals surface area (Å²) in [6.07, 6.45) is 10.5. The molecule has 0 aromatic heterocycles. The van der Waals surface area contributed by atoms with Crippen LogP contribution in [0.5, 0.6) is 5.75 Å². The van der Waals surface area contributed by atoms with E-state index in [4.69, 9.17) is 4.74 Å². The largest absolute Gasteiger partial charge is 0.462 e. The standard InChI is InChI=1S/C24H31FN2O2/c1-26-5-7-27(8-6-26)23(28)4-9-29-22-3-2-20(13-21(22)25)24-14-17-10-18(15-24)12-19(11-17)16-24/h2-4,9,13,17-19H,5-8,10-12,14-16H2,1H3/b9-4+. The van der Waals surface area contributed by atoms with Gasteiger partial charge in [0.1, 0.15) is 0 Å². The van der Waals surface area contributed by atoms with Gasteiger partial charge >= 0.3 is 0 Å². The molecule has 29 heavy (non-hydrogen) atoms. The van der Waals surface area contributed by atoms with Crippen molar-refractivity contribution in [1.82, 2.24) is 9.80 Å². The van der Waals surface area contributed by atoms with Crippen LogP contribution in [-0.4, -0.2) is 48.9 Å². The molecule has 4 bridgehead atoms. The highest BCUT2D eigenvalue weighted by Gasteiger charge is 2.51. The number of likely N-dealkylation sites (N-methyl/N-ethyl adjacent to an activating group) is 1. The number of nitrogens with zero attached hydrogens (tertiary/aromatic N) is 2. The Morgan fingerprint density at radius 2 is 1.69 bits per heavy atom. The van der Waals surface area contributed by atoms with Crippen molar-refractivity contribution in [2.24, 2.45) is 17.8 Å². The Labute approximate surface area is 172 Å². The lowest BCUT2D eigenvalue weighted by molar-refractivity contribution is -0.127. The molecule has 5 fully saturated rings. The zero-order valence-corrected chi connectivity index (χ0v) is 17.3. The van der Waals surface area contributed by atoms with Crippen molar-refractivity contribution in [3.63, 3.8) is 0 Å². The predicted molar refractivity (Wildman–Crippen MR) is 110 cm³/mol. The van der Waals surface area contributed by atoms with Crippen LogP contribution in [0.1, 0.15) is 44.1 Å². The molecule has 0 unspecified atom stereocenters. The Hall–Kier alpha value is -1.88. The van der Waals surface area contributed by atoms with Gasteiger partial charge in [-0.05, 0) is 86.4 Å². The molecule has 1 aromatic rings. The molecule has 1 saturated heterocycles. The van der Waals surface area contributed by atoms with Crippen molar-refractivity contribution in [1.29, 1.82) is 0 Å². The van der Waals surface area contributed by atoms with Crippen LogP contribution < -0.4 is 4.74 Å². The second-order valence-electron chi connectivity index (χ2n) is 9.89. The van der Waals surface area contributed by atoms with E-state index in [1.54, 1.807) is 17.0 Å². The van der Waals surface area contributed by atoms with Crippen LogP contribution >= 0.6 is 0 Å². The summed E-state index contributed by atoms with van der Waals surface area (Å²) >= 11 is 0. The molecular weight excluding hydrogens is 367 g/mol. The molecule has 156 valence electrons. The Morgan fingerprint density at radius 3 is 2.28 bits per heavy atom. The van der Waals surface area contributed by atoms with E-state index in [9.17, 15) is 9.18 Å². The summed E-state index contributed by atoms with van der Waals surface area (Å²) in [4.78, 5) is 16.2. The van der Waals surface area contributed by atoms with Gasteiger partial charge in [-0.25, -0.2) is 4.39 Å². The Bertz CT molecular complexity index is 778. The minimum Gasteiger partial charge on any atom is -0.462 e. The average Bonchev–Trinajstić information content (AvgIpc) is 2.68. The maximum Gasteiger partial charge on any atom is 0.249 e. The molecule has 1 aliphatic heterocycles. The summed E-state index contributed by atoms with van der Waals surface area (Å²) in [5.41, 5.74) is 1.33. The topological polar surface area (TPSA) is 32.8 Å². The van der Waals surface area contributed by atoms with E-state index in [2.05, 4.69) is 18.0 Å². The highest BCUT2D eigenvalue weighted by Crippen LogP contribution is 2.60. The first-order valence-corrected chi connectivity index (χ1v) is 11.1. The number of hydrogen-bond donors (Lipinski definition) is 0. The Kier molecular flexibility index (Phi) is 4.89. The molecule has 5 heteroatoms. The van der Waals surface area contributed by atoms with Crippen LogP contribution in [0, 0.1) is 23.6 Å². The summed E-state index contributed by atoms with van der Waals surface area (Å²) < 4.78 is 20.3. The van der Waals surface area contributed by atoms with Crippen molar-refractivity contribution in [3.05, 3.63) is 41.9 Å². The van der Waals surface area contributed by atoms with Gasteiger partial charge in [-0.2, -0.15) is 0 Å². The van der Waals surface area contributed by atoms with Gasteiger partial charge in [0.25, 0.3) is 0 Å². The van der Waals surface area contributed by atoms with Crippen LogP contribution in [0.4, 0.5) is 4.39 Å². The SMILES string of the molecule is CN1CCN(C(=O)/C=C/Oc2ccc(C34CC5CC(CC(C5)C3)C4)cc2F)CC1. The Balaban J connectivity index is 1.24. The second kappa shape index (κ2) is 7.42. The predicted octanol–water partition coefficient (Wildman–Crippen LogP) is 3.96. The van der Waals surface area contributed by atoms with E-state index in [0.29, 0.717) is 13.1 Å². The van der Waals surface area contributed by atoms with E-state index in [1.807, 2.05) is 0 Å².